The summed E-state index contributed by atoms with van der Waals surface area (Å²) in [5, 5.41) is 0. The van der Waals surface area contributed by atoms with Crippen LogP contribution in [0, 0.1) is 5.41 Å². The quantitative estimate of drug-likeness (QED) is 0.495. The van der Waals surface area contributed by atoms with Crippen LogP contribution < -0.4 is 0 Å². The Kier molecular flexibility index (Phi) is 1.37. The van der Waals surface area contributed by atoms with Crippen molar-refractivity contribution in [3.63, 3.8) is 0 Å². The highest BCUT2D eigenvalue weighted by Crippen LogP contribution is 2.41. The minimum Gasteiger partial charge on any atom is -0.361 e. The standard InChI is InChI=1S/C9H14O2/c1-9(2)4-3-6(10)8-7(5-9)11-8/h7-8H,3-5H2,1-2H3/t7-,8-/m1/s1. The summed E-state index contributed by atoms with van der Waals surface area (Å²) in [5.41, 5.74) is 0.311. The SMILES string of the molecule is CC1(C)CCC(=O)[C@H]2O[C@@H]2C1. The molecular weight excluding hydrogens is 140 g/mol. The van der Waals surface area contributed by atoms with Gasteiger partial charge < -0.3 is 4.74 Å². The molecule has 1 aliphatic carbocycles. The van der Waals surface area contributed by atoms with Crippen LogP contribution in [0.1, 0.15) is 33.1 Å². The number of rotatable bonds is 0. The van der Waals surface area contributed by atoms with Gasteiger partial charge in [0, 0.05) is 6.42 Å². The van der Waals surface area contributed by atoms with Crippen LogP contribution in [0.2, 0.25) is 0 Å². The molecule has 0 amide bonds. The van der Waals surface area contributed by atoms with Gasteiger partial charge in [0.25, 0.3) is 0 Å². The van der Waals surface area contributed by atoms with Crippen molar-refractivity contribution in [2.45, 2.75) is 45.3 Å². The van der Waals surface area contributed by atoms with E-state index in [1.54, 1.807) is 0 Å². The van der Waals surface area contributed by atoms with Crippen molar-refractivity contribution in [2.75, 3.05) is 0 Å². The zero-order chi connectivity index (χ0) is 8.06. The highest BCUT2D eigenvalue weighted by molar-refractivity contribution is 5.86. The molecule has 2 heteroatoms. The first-order chi connectivity index (χ1) is 5.08. The molecular formula is C9H14O2. The van der Waals surface area contributed by atoms with Gasteiger partial charge in [-0.25, -0.2) is 0 Å². The van der Waals surface area contributed by atoms with Gasteiger partial charge in [-0.2, -0.15) is 0 Å². The molecule has 1 aliphatic heterocycles. The minimum absolute atomic E-state index is 0.0169. The molecule has 0 bridgehead atoms. The number of carbonyl (C=O) groups is 1. The van der Waals surface area contributed by atoms with E-state index in [1.165, 1.54) is 0 Å². The molecule has 0 aromatic heterocycles. The summed E-state index contributed by atoms with van der Waals surface area (Å²) < 4.78 is 5.26. The van der Waals surface area contributed by atoms with E-state index < -0.39 is 0 Å². The van der Waals surface area contributed by atoms with Crippen molar-refractivity contribution in [2.24, 2.45) is 5.41 Å². The molecule has 1 heterocycles. The molecule has 0 aromatic carbocycles. The molecule has 0 N–H and O–H groups in total. The van der Waals surface area contributed by atoms with Crippen molar-refractivity contribution in [1.29, 1.82) is 0 Å². The summed E-state index contributed by atoms with van der Waals surface area (Å²) in [4.78, 5) is 11.2. The largest absolute Gasteiger partial charge is 0.361 e. The van der Waals surface area contributed by atoms with Gasteiger partial charge >= 0.3 is 0 Å². The van der Waals surface area contributed by atoms with Gasteiger partial charge in [-0.05, 0) is 18.3 Å². The zero-order valence-electron chi connectivity index (χ0n) is 7.09. The number of hydrogen-bond donors (Lipinski definition) is 0. The summed E-state index contributed by atoms with van der Waals surface area (Å²) in [6.45, 7) is 4.43. The molecule has 2 fully saturated rings. The molecule has 1 saturated heterocycles. The summed E-state index contributed by atoms with van der Waals surface area (Å²) in [5.74, 6) is 0.320. The molecule has 2 atom stereocenters. The van der Waals surface area contributed by atoms with Gasteiger partial charge in [-0.1, -0.05) is 13.8 Å². The average Bonchev–Trinajstić information content (AvgIpc) is 2.60. The highest BCUT2D eigenvalue weighted by Gasteiger charge is 2.49. The van der Waals surface area contributed by atoms with Gasteiger partial charge in [0.2, 0.25) is 0 Å². The van der Waals surface area contributed by atoms with Crippen molar-refractivity contribution >= 4 is 5.78 Å². The van der Waals surface area contributed by atoms with Gasteiger partial charge in [-0.3, -0.25) is 4.79 Å². The van der Waals surface area contributed by atoms with Crippen molar-refractivity contribution in [3.05, 3.63) is 0 Å². The topological polar surface area (TPSA) is 29.6 Å². The second-order valence-corrected chi connectivity index (χ2v) is 4.43. The molecule has 2 nitrogen and oxygen atoms in total. The Labute approximate surface area is 66.9 Å². The fourth-order valence-corrected chi connectivity index (χ4v) is 1.83. The smallest absolute Gasteiger partial charge is 0.164 e. The van der Waals surface area contributed by atoms with Gasteiger partial charge in [0.05, 0.1) is 6.10 Å². The minimum atomic E-state index is -0.0169. The number of fused-ring (bicyclic) bond motifs is 1. The first-order valence-electron chi connectivity index (χ1n) is 4.27. The van der Waals surface area contributed by atoms with E-state index in [4.69, 9.17) is 4.74 Å². The zero-order valence-corrected chi connectivity index (χ0v) is 7.09. The van der Waals surface area contributed by atoms with E-state index in [0.717, 1.165) is 12.8 Å². The number of ketones is 1. The van der Waals surface area contributed by atoms with Crippen LogP contribution in [0.3, 0.4) is 0 Å². The number of carbonyl (C=O) groups excluding carboxylic acids is 1. The van der Waals surface area contributed by atoms with Crippen LogP contribution in [0.25, 0.3) is 0 Å². The first kappa shape index (κ1) is 7.29. The van der Waals surface area contributed by atoms with E-state index in [9.17, 15) is 4.79 Å². The number of epoxide rings is 1. The normalized spacial score (nSPS) is 41.1. The lowest BCUT2D eigenvalue weighted by molar-refractivity contribution is -0.120. The summed E-state index contributed by atoms with van der Waals surface area (Å²) in [7, 11) is 0. The molecule has 0 spiro atoms. The maximum absolute atomic E-state index is 11.2. The molecule has 1 saturated carbocycles. The van der Waals surface area contributed by atoms with Crippen LogP contribution >= 0.6 is 0 Å². The number of hydrogen-bond acceptors (Lipinski definition) is 2. The van der Waals surface area contributed by atoms with Crippen molar-refractivity contribution < 1.29 is 9.53 Å². The Hall–Kier alpha value is -0.370. The van der Waals surface area contributed by atoms with Crippen LogP contribution in [-0.4, -0.2) is 18.0 Å². The Balaban J connectivity index is 2.10. The number of Topliss-reactive ketones (excluding diaryl/α,β-unsaturated/α-hetero) is 1. The molecule has 0 radical (unpaired) electrons. The Morgan fingerprint density at radius 3 is 3.00 bits per heavy atom. The van der Waals surface area contributed by atoms with Gasteiger partial charge in [0.15, 0.2) is 5.78 Å². The number of ether oxygens (including phenoxy) is 1. The third kappa shape index (κ3) is 1.32. The molecule has 62 valence electrons. The fraction of sp³-hybridized carbons (Fsp3) is 0.889. The molecule has 2 aliphatic rings. The van der Waals surface area contributed by atoms with E-state index in [1.807, 2.05) is 0 Å². The van der Waals surface area contributed by atoms with Crippen LogP contribution in [0.5, 0.6) is 0 Å². The van der Waals surface area contributed by atoms with Crippen molar-refractivity contribution in [1.82, 2.24) is 0 Å². The van der Waals surface area contributed by atoms with Crippen LogP contribution in [0.15, 0.2) is 0 Å². The summed E-state index contributed by atoms with van der Waals surface area (Å²) in [6.07, 6.45) is 3.05. The van der Waals surface area contributed by atoms with E-state index in [-0.39, 0.29) is 12.2 Å². The highest BCUT2D eigenvalue weighted by atomic mass is 16.6. The second kappa shape index (κ2) is 2.07. The lowest BCUT2D eigenvalue weighted by Gasteiger charge is -2.21. The lowest BCUT2D eigenvalue weighted by atomic mass is 9.85. The third-order valence-corrected chi connectivity index (χ3v) is 2.70. The molecule has 0 unspecified atom stereocenters. The second-order valence-electron chi connectivity index (χ2n) is 4.43. The molecule has 11 heavy (non-hydrogen) atoms. The Morgan fingerprint density at radius 1 is 1.55 bits per heavy atom. The first-order valence-corrected chi connectivity index (χ1v) is 4.27. The van der Waals surface area contributed by atoms with Gasteiger partial charge in [0.1, 0.15) is 6.10 Å². The van der Waals surface area contributed by atoms with E-state index in [0.29, 0.717) is 17.6 Å². The predicted molar refractivity (Wildman–Crippen MR) is 41.3 cm³/mol. The van der Waals surface area contributed by atoms with Crippen molar-refractivity contribution in [3.8, 4) is 0 Å². The van der Waals surface area contributed by atoms with E-state index in [2.05, 4.69) is 13.8 Å². The summed E-state index contributed by atoms with van der Waals surface area (Å²) >= 11 is 0. The third-order valence-electron chi connectivity index (χ3n) is 2.70. The maximum Gasteiger partial charge on any atom is 0.164 e. The summed E-state index contributed by atoms with van der Waals surface area (Å²) in [6, 6.07) is 0. The molecule has 0 aromatic rings. The monoisotopic (exact) mass is 154 g/mol. The van der Waals surface area contributed by atoms with Crippen LogP contribution in [-0.2, 0) is 9.53 Å². The fourth-order valence-electron chi connectivity index (χ4n) is 1.83. The Morgan fingerprint density at radius 2 is 2.27 bits per heavy atom. The maximum atomic E-state index is 11.2. The lowest BCUT2D eigenvalue weighted by Crippen LogP contribution is -2.12. The van der Waals surface area contributed by atoms with E-state index >= 15 is 0 Å². The average molecular weight is 154 g/mol. The van der Waals surface area contributed by atoms with Crippen LogP contribution in [0.4, 0.5) is 0 Å². The molecule has 2 rings (SSSR count). The van der Waals surface area contributed by atoms with Gasteiger partial charge in [-0.15, -0.1) is 0 Å². The Bertz CT molecular complexity index is 196. The predicted octanol–water partition coefficient (Wildman–Crippen LogP) is 1.53.